The molecule has 0 saturated carbocycles. The van der Waals surface area contributed by atoms with Crippen molar-refractivity contribution in [3.8, 4) is 0 Å². The van der Waals surface area contributed by atoms with Crippen molar-refractivity contribution in [3.63, 3.8) is 0 Å². The lowest BCUT2D eigenvalue weighted by Gasteiger charge is -2.29. The van der Waals surface area contributed by atoms with E-state index in [1.54, 1.807) is 13.0 Å². The summed E-state index contributed by atoms with van der Waals surface area (Å²) in [6, 6.07) is 14.0. The van der Waals surface area contributed by atoms with Gasteiger partial charge in [0.15, 0.2) is 0 Å². The largest absolute Gasteiger partial charge is 0.465 e. The number of nitrogens with zero attached hydrogens (tertiary/aromatic N) is 2. The fourth-order valence-corrected chi connectivity index (χ4v) is 3.14. The summed E-state index contributed by atoms with van der Waals surface area (Å²) in [4.78, 5) is 38.9. The van der Waals surface area contributed by atoms with Crippen LogP contribution in [0.4, 0.5) is 10.5 Å². The van der Waals surface area contributed by atoms with Crippen LogP contribution in [-0.2, 0) is 16.0 Å². The first-order valence-electron chi connectivity index (χ1n) is 8.76. The van der Waals surface area contributed by atoms with E-state index in [0.717, 1.165) is 5.56 Å². The van der Waals surface area contributed by atoms with Gasteiger partial charge in [-0.1, -0.05) is 42.5 Å². The lowest BCUT2D eigenvalue weighted by molar-refractivity contribution is -0.384. The Hall–Kier alpha value is -3.55. The molecular formula is C20H19N3O5. The maximum absolute atomic E-state index is 12.7. The highest BCUT2D eigenvalue weighted by Crippen LogP contribution is 2.30. The van der Waals surface area contributed by atoms with Gasteiger partial charge in [0, 0.05) is 24.3 Å². The first-order chi connectivity index (χ1) is 13.5. The lowest BCUT2D eigenvalue weighted by Crippen LogP contribution is -2.44. The monoisotopic (exact) mass is 381 g/mol. The first kappa shape index (κ1) is 19.2. The van der Waals surface area contributed by atoms with Gasteiger partial charge in [0.25, 0.3) is 5.69 Å². The Balaban J connectivity index is 1.78. The van der Waals surface area contributed by atoms with Crippen LogP contribution in [0.5, 0.6) is 0 Å². The zero-order valence-electron chi connectivity index (χ0n) is 15.2. The molecule has 1 N–H and O–H groups in total. The predicted molar refractivity (Wildman–Crippen MR) is 102 cm³/mol. The Morgan fingerprint density at radius 3 is 2.68 bits per heavy atom. The predicted octanol–water partition coefficient (Wildman–Crippen LogP) is 3.22. The van der Waals surface area contributed by atoms with Crippen molar-refractivity contribution in [3.05, 3.63) is 75.8 Å². The van der Waals surface area contributed by atoms with Crippen LogP contribution in [0.25, 0.3) is 0 Å². The van der Waals surface area contributed by atoms with Crippen molar-refractivity contribution in [2.45, 2.75) is 19.4 Å². The smallest absolute Gasteiger partial charge is 0.341 e. The Morgan fingerprint density at radius 2 is 1.96 bits per heavy atom. The van der Waals surface area contributed by atoms with Gasteiger partial charge < -0.3 is 10.1 Å². The number of ether oxygens (including phenoxy) is 1. The number of aliphatic imine (C=N–C) groups is 1. The van der Waals surface area contributed by atoms with E-state index < -0.39 is 28.9 Å². The summed E-state index contributed by atoms with van der Waals surface area (Å²) in [5.41, 5.74) is 1.67. The third-order valence-corrected chi connectivity index (χ3v) is 4.51. The van der Waals surface area contributed by atoms with Crippen LogP contribution < -0.4 is 5.32 Å². The molecule has 28 heavy (non-hydrogen) atoms. The second-order valence-electron chi connectivity index (χ2n) is 6.41. The summed E-state index contributed by atoms with van der Waals surface area (Å²) in [5.74, 6) is -1.39. The van der Waals surface area contributed by atoms with E-state index >= 15 is 0 Å². The maximum Gasteiger partial charge on any atom is 0.341 e. The normalized spacial score (nSPS) is 18.8. The highest BCUT2D eigenvalue weighted by molar-refractivity contribution is 6.08. The first-order valence-corrected chi connectivity index (χ1v) is 8.76. The SMILES string of the molecule is CC1=NC(=O)NC(c2cccc([N+](=O)[O-])c2)C1C(=O)OCCc1ccccc1. The molecule has 1 aliphatic heterocycles. The van der Waals surface area contributed by atoms with Gasteiger partial charge in [-0.05, 0) is 18.1 Å². The summed E-state index contributed by atoms with van der Waals surface area (Å²) in [7, 11) is 0. The number of non-ortho nitro benzene ring substituents is 1. The summed E-state index contributed by atoms with van der Waals surface area (Å²) >= 11 is 0. The lowest BCUT2D eigenvalue weighted by atomic mass is 9.88. The third kappa shape index (κ3) is 4.40. The van der Waals surface area contributed by atoms with E-state index in [4.69, 9.17) is 4.74 Å². The second-order valence-corrected chi connectivity index (χ2v) is 6.41. The van der Waals surface area contributed by atoms with Crippen LogP contribution in [0.1, 0.15) is 24.1 Å². The number of rotatable bonds is 6. The highest BCUT2D eigenvalue weighted by Gasteiger charge is 2.38. The number of nitro benzene ring substituents is 1. The van der Waals surface area contributed by atoms with E-state index in [1.807, 2.05) is 30.3 Å². The molecule has 8 nitrogen and oxygen atoms in total. The number of amides is 2. The van der Waals surface area contributed by atoms with Gasteiger partial charge in [-0.25, -0.2) is 9.79 Å². The fraction of sp³-hybridized carbons (Fsp3) is 0.250. The van der Waals surface area contributed by atoms with Gasteiger partial charge in [0.2, 0.25) is 0 Å². The molecule has 1 aliphatic rings. The molecule has 2 atom stereocenters. The topological polar surface area (TPSA) is 111 Å². The zero-order valence-corrected chi connectivity index (χ0v) is 15.2. The van der Waals surface area contributed by atoms with E-state index in [2.05, 4.69) is 10.3 Å². The summed E-state index contributed by atoms with van der Waals surface area (Å²) in [6.45, 7) is 1.76. The average Bonchev–Trinajstić information content (AvgIpc) is 2.68. The molecule has 1 heterocycles. The van der Waals surface area contributed by atoms with Gasteiger partial charge in [0.05, 0.1) is 17.6 Å². The van der Waals surface area contributed by atoms with Gasteiger partial charge in [0.1, 0.15) is 5.92 Å². The number of hydrogen-bond donors (Lipinski definition) is 1. The zero-order chi connectivity index (χ0) is 20.1. The van der Waals surface area contributed by atoms with E-state index in [9.17, 15) is 19.7 Å². The molecule has 2 aromatic rings. The second kappa shape index (κ2) is 8.43. The average molecular weight is 381 g/mol. The van der Waals surface area contributed by atoms with Crippen LogP contribution in [0, 0.1) is 16.0 Å². The maximum atomic E-state index is 12.7. The molecule has 0 saturated heterocycles. The molecule has 0 aromatic heterocycles. The van der Waals surface area contributed by atoms with Crippen molar-refractivity contribution in [1.82, 2.24) is 5.32 Å². The quantitative estimate of drug-likeness (QED) is 0.469. The van der Waals surface area contributed by atoms with Gasteiger partial charge in [-0.3, -0.25) is 14.9 Å². The standard InChI is InChI=1S/C20H19N3O5/c1-13-17(19(24)28-11-10-14-6-3-2-4-7-14)18(22-20(25)21-13)15-8-5-9-16(12-15)23(26)27/h2-9,12,17-18H,10-11H2,1H3,(H,22,25). The number of carbonyl (C=O) groups is 2. The van der Waals surface area contributed by atoms with Crippen LogP contribution in [-0.4, -0.2) is 29.2 Å². The van der Waals surface area contributed by atoms with Crippen LogP contribution in [0.15, 0.2) is 59.6 Å². The number of hydrogen-bond acceptors (Lipinski definition) is 5. The minimum absolute atomic E-state index is 0.122. The summed E-state index contributed by atoms with van der Waals surface area (Å²) in [5, 5.41) is 13.7. The van der Waals surface area contributed by atoms with Crippen molar-refractivity contribution in [2.75, 3.05) is 6.61 Å². The number of carbonyl (C=O) groups excluding carboxylic acids is 2. The molecule has 3 rings (SSSR count). The number of nitro groups is 1. The van der Waals surface area contributed by atoms with E-state index in [-0.39, 0.29) is 12.3 Å². The molecule has 0 aliphatic carbocycles. The Bertz CT molecular complexity index is 926. The van der Waals surface area contributed by atoms with Crippen molar-refractivity contribution in [2.24, 2.45) is 10.9 Å². The molecule has 2 aromatic carbocycles. The molecule has 2 unspecified atom stereocenters. The number of nitrogens with one attached hydrogen (secondary N) is 1. The number of benzene rings is 2. The molecule has 8 heteroatoms. The Labute approximate surface area is 161 Å². The molecule has 0 radical (unpaired) electrons. The van der Waals surface area contributed by atoms with Gasteiger partial charge in [-0.15, -0.1) is 0 Å². The number of esters is 1. The van der Waals surface area contributed by atoms with Gasteiger partial charge in [-0.2, -0.15) is 0 Å². The third-order valence-electron chi connectivity index (χ3n) is 4.51. The number of urea groups is 1. The van der Waals surface area contributed by atoms with Crippen molar-refractivity contribution in [1.29, 1.82) is 0 Å². The Morgan fingerprint density at radius 1 is 1.21 bits per heavy atom. The summed E-state index contributed by atoms with van der Waals surface area (Å²) in [6.07, 6.45) is 0.559. The van der Waals surface area contributed by atoms with Crippen LogP contribution >= 0.6 is 0 Å². The minimum Gasteiger partial charge on any atom is -0.465 e. The van der Waals surface area contributed by atoms with Crippen LogP contribution in [0.3, 0.4) is 0 Å². The van der Waals surface area contributed by atoms with Crippen molar-refractivity contribution < 1.29 is 19.2 Å². The summed E-state index contributed by atoms with van der Waals surface area (Å²) < 4.78 is 5.42. The van der Waals surface area contributed by atoms with E-state index in [0.29, 0.717) is 17.7 Å². The molecule has 144 valence electrons. The van der Waals surface area contributed by atoms with Crippen molar-refractivity contribution >= 4 is 23.4 Å². The molecule has 0 fully saturated rings. The Kier molecular flexibility index (Phi) is 5.78. The van der Waals surface area contributed by atoms with Gasteiger partial charge >= 0.3 is 12.0 Å². The fourth-order valence-electron chi connectivity index (χ4n) is 3.14. The molecule has 2 amide bonds. The molecule has 0 spiro atoms. The minimum atomic E-state index is -0.851. The van der Waals surface area contributed by atoms with Crippen LogP contribution in [0.2, 0.25) is 0 Å². The highest BCUT2D eigenvalue weighted by atomic mass is 16.6. The molecular weight excluding hydrogens is 362 g/mol. The molecule has 0 bridgehead atoms. The van der Waals surface area contributed by atoms with E-state index in [1.165, 1.54) is 18.2 Å².